The number of hydrogen-bond acceptors (Lipinski definition) is 3. The highest BCUT2D eigenvalue weighted by molar-refractivity contribution is 5.85. The first kappa shape index (κ1) is 14.5. The maximum atomic E-state index is 12.8. The fourth-order valence-electron chi connectivity index (χ4n) is 3.34. The van der Waals surface area contributed by atoms with Gasteiger partial charge in [0.2, 0.25) is 5.91 Å². The molecule has 0 spiro atoms. The smallest absolute Gasteiger partial charge is 0.245 e. The number of hydrogen-bond donors (Lipinski definition) is 1. The zero-order valence-electron chi connectivity index (χ0n) is 12.6. The van der Waals surface area contributed by atoms with Crippen molar-refractivity contribution in [3.8, 4) is 0 Å². The Balaban J connectivity index is 1.72. The molecule has 1 amide bonds. The third kappa shape index (κ3) is 3.11. The van der Waals surface area contributed by atoms with Crippen LogP contribution in [0.15, 0.2) is 30.3 Å². The standard InChI is InChI=1S/C17H24N2O2/c1-2-15-18-16(14-8-4-3-5-9-14)17(20)19(15)11-13-7-6-10-21-12-13/h3-5,8-9,13,15-16,18H,2,6-7,10-12H2,1H3. The van der Waals surface area contributed by atoms with E-state index in [9.17, 15) is 4.79 Å². The molecule has 0 aliphatic carbocycles. The summed E-state index contributed by atoms with van der Waals surface area (Å²) in [5, 5.41) is 3.48. The Morgan fingerprint density at radius 3 is 2.81 bits per heavy atom. The number of benzene rings is 1. The highest BCUT2D eigenvalue weighted by Crippen LogP contribution is 2.27. The molecule has 2 saturated heterocycles. The first-order chi connectivity index (χ1) is 10.3. The number of carbonyl (C=O) groups excluding carboxylic acids is 1. The Kier molecular flexibility index (Phi) is 4.56. The molecule has 2 aliphatic rings. The van der Waals surface area contributed by atoms with E-state index in [4.69, 9.17) is 4.74 Å². The van der Waals surface area contributed by atoms with Gasteiger partial charge in [-0.1, -0.05) is 37.3 Å². The molecule has 1 N–H and O–H groups in total. The van der Waals surface area contributed by atoms with Crippen LogP contribution >= 0.6 is 0 Å². The van der Waals surface area contributed by atoms with Gasteiger partial charge in [0.25, 0.3) is 0 Å². The van der Waals surface area contributed by atoms with Gasteiger partial charge in [-0.3, -0.25) is 10.1 Å². The number of carbonyl (C=O) groups is 1. The summed E-state index contributed by atoms with van der Waals surface area (Å²) in [5.41, 5.74) is 1.06. The van der Waals surface area contributed by atoms with Crippen molar-refractivity contribution in [3.63, 3.8) is 0 Å². The number of ether oxygens (including phenoxy) is 1. The second-order valence-electron chi connectivity index (χ2n) is 6.01. The van der Waals surface area contributed by atoms with Crippen LogP contribution in [0.25, 0.3) is 0 Å². The van der Waals surface area contributed by atoms with Crippen molar-refractivity contribution in [2.24, 2.45) is 5.92 Å². The predicted octanol–water partition coefficient (Wildman–Crippen LogP) is 2.32. The molecule has 4 nitrogen and oxygen atoms in total. The van der Waals surface area contributed by atoms with E-state index in [1.807, 2.05) is 35.2 Å². The lowest BCUT2D eigenvalue weighted by Crippen LogP contribution is -2.41. The van der Waals surface area contributed by atoms with Gasteiger partial charge < -0.3 is 9.64 Å². The quantitative estimate of drug-likeness (QED) is 0.924. The lowest BCUT2D eigenvalue weighted by Gasteiger charge is -2.30. The average Bonchev–Trinajstić information content (AvgIpc) is 2.86. The topological polar surface area (TPSA) is 41.6 Å². The Labute approximate surface area is 126 Å². The second-order valence-corrected chi connectivity index (χ2v) is 6.01. The largest absolute Gasteiger partial charge is 0.381 e. The van der Waals surface area contributed by atoms with Gasteiger partial charge in [-0.05, 0) is 24.8 Å². The van der Waals surface area contributed by atoms with Crippen molar-refractivity contribution >= 4 is 5.91 Å². The maximum Gasteiger partial charge on any atom is 0.245 e. The molecule has 3 atom stereocenters. The van der Waals surface area contributed by atoms with E-state index >= 15 is 0 Å². The SMILES string of the molecule is CCC1NC(c2ccccc2)C(=O)N1CC1CCCOC1. The van der Waals surface area contributed by atoms with Crippen LogP contribution in [0.2, 0.25) is 0 Å². The van der Waals surface area contributed by atoms with E-state index in [0.29, 0.717) is 5.92 Å². The van der Waals surface area contributed by atoms with Crippen LogP contribution in [0.5, 0.6) is 0 Å². The van der Waals surface area contributed by atoms with Crippen molar-refractivity contribution in [2.75, 3.05) is 19.8 Å². The van der Waals surface area contributed by atoms with Crippen molar-refractivity contribution in [1.82, 2.24) is 10.2 Å². The molecule has 4 heteroatoms. The second kappa shape index (κ2) is 6.58. The van der Waals surface area contributed by atoms with Crippen LogP contribution in [0.1, 0.15) is 37.8 Å². The highest BCUT2D eigenvalue weighted by Gasteiger charge is 2.39. The molecule has 0 bridgehead atoms. The number of amides is 1. The van der Waals surface area contributed by atoms with Gasteiger partial charge in [0.15, 0.2) is 0 Å². The molecule has 2 fully saturated rings. The van der Waals surface area contributed by atoms with Gasteiger partial charge in [0, 0.05) is 19.1 Å². The minimum absolute atomic E-state index is 0.143. The van der Waals surface area contributed by atoms with Crippen molar-refractivity contribution in [1.29, 1.82) is 0 Å². The van der Waals surface area contributed by atoms with Crippen LogP contribution in [-0.4, -0.2) is 36.7 Å². The number of rotatable bonds is 4. The van der Waals surface area contributed by atoms with Crippen molar-refractivity contribution < 1.29 is 9.53 Å². The molecule has 1 aromatic carbocycles. The summed E-state index contributed by atoms with van der Waals surface area (Å²) < 4.78 is 5.55. The third-order valence-corrected chi connectivity index (χ3v) is 4.49. The molecule has 114 valence electrons. The van der Waals surface area contributed by atoms with Gasteiger partial charge in [-0.15, -0.1) is 0 Å². The number of nitrogens with zero attached hydrogens (tertiary/aromatic N) is 1. The van der Waals surface area contributed by atoms with Crippen molar-refractivity contribution in [2.45, 2.75) is 38.4 Å². The minimum atomic E-state index is -0.194. The highest BCUT2D eigenvalue weighted by atomic mass is 16.5. The summed E-state index contributed by atoms with van der Waals surface area (Å²) in [6.45, 7) is 4.60. The number of nitrogens with one attached hydrogen (secondary N) is 1. The molecule has 3 unspecified atom stereocenters. The summed E-state index contributed by atoms with van der Waals surface area (Å²) in [6.07, 6.45) is 3.35. The first-order valence-electron chi connectivity index (χ1n) is 7.98. The fourth-order valence-corrected chi connectivity index (χ4v) is 3.34. The molecule has 3 rings (SSSR count). The fraction of sp³-hybridized carbons (Fsp3) is 0.588. The molecule has 2 heterocycles. The Bertz CT molecular complexity index is 471. The minimum Gasteiger partial charge on any atom is -0.381 e. The van der Waals surface area contributed by atoms with Gasteiger partial charge in [0.1, 0.15) is 6.04 Å². The molecule has 0 aromatic heterocycles. The van der Waals surface area contributed by atoms with Crippen LogP contribution < -0.4 is 5.32 Å². The van der Waals surface area contributed by atoms with Crippen LogP contribution in [0.4, 0.5) is 0 Å². The Morgan fingerprint density at radius 1 is 1.33 bits per heavy atom. The summed E-state index contributed by atoms with van der Waals surface area (Å²) in [7, 11) is 0. The van der Waals surface area contributed by atoms with E-state index < -0.39 is 0 Å². The third-order valence-electron chi connectivity index (χ3n) is 4.49. The first-order valence-corrected chi connectivity index (χ1v) is 7.98. The maximum absolute atomic E-state index is 12.8. The van der Waals surface area contributed by atoms with E-state index in [1.54, 1.807) is 0 Å². The van der Waals surface area contributed by atoms with Crippen LogP contribution in [-0.2, 0) is 9.53 Å². The Hall–Kier alpha value is -1.39. The zero-order chi connectivity index (χ0) is 14.7. The zero-order valence-corrected chi connectivity index (χ0v) is 12.6. The van der Waals surface area contributed by atoms with Crippen LogP contribution in [0.3, 0.4) is 0 Å². The van der Waals surface area contributed by atoms with Crippen LogP contribution in [0, 0.1) is 5.92 Å². The van der Waals surface area contributed by atoms with E-state index in [0.717, 1.165) is 44.6 Å². The molecule has 1 aromatic rings. The van der Waals surface area contributed by atoms with Crippen molar-refractivity contribution in [3.05, 3.63) is 35.9 Å². The van der Waals surface area contributed by atoms with E-state index in [-0.39, 0.29) is 18.1 Å². The molecule has 0 radical (unpaired) electrons. The van der Waals surface area contributed by atoms with E-state index in [1.165, 1.54) is 0 Å². The van der Waals surface area contributed by atoms with E-state index in [2.05, 4.69) is 12.2 Å². The lowest BCUT2D eigenvalue weighted by atomic mass is 10.0. The lowest BCUT2D eigenvalue weighted by molar-refractivity contribution is -0.131. The summed E-state index contributed by atoms with van der Waals surface area (Å²) >= 11 is 0. The summed E-state index contributed by atoms with van der Waals surface area (Å²) in [5.74, 6) is 0.687. The van der Waals surface area contributed by atoms with Gasteiger partial charge in [-0.25, -0.2) is 0 Å². The van der Waals surface area contributed by atoms with Gasteiger partial charge in [0.05, 0.1) is 12.8 Å². The molecule has 2 aliphatic heterocycles. The predicted molar refractivity (Wildman–Crippen MR) is 81.7 cm³/mol. The monoisotopic (exact) mass is 288 g/mol. The molecular formula is C17H24N2O2. The average molecular weight is 288 g/mol. The Morgan fingerprint density at radius 2 is 2.14 bits per heavy atom. The summed E-state index contributed by atoms with van der Waals surface area (Å²) in [4.78, 5) is 14.8. The molecule has 0 saturated carbocycles. The van der Waals surface area contributed by atoms with Gasteiger partial charge in [-0.2, -0.15) is 0 Å². The van der Waals surface area contributed by atoms with Gasteiger partial charge >= 0.3 is 0 Å². The molecule has 21 heavy (non-hydrogen) atoms. The summed E-state index contributed by atoms with van der Waals surface area (Å²) in [6, 6.07) is 9.81. The normalized spacial score (nSPS) is 29.9. The molecular weight excluding hydrogens is 264 g/mol.